The molecule has 1 fully saturated rings. The maximum atomic E-state index is 12.8. The Morgan fingerprint density at radius 1 is 1.00 bits per heavy atom. The lowest BCUT2D eigenvalue weighted by molar-refractivity contribution is -0.132. The third kappa shape index (κ3) is 2.92. The van der Waals surface area contributed by atoms with Crippen molar-refractivity contribution >= 4 is 34.7 Å². The largest absolute Gasteiger partial charge is 0.507 e. The number of hydrogen-bond acceptors (Lipinski definition) is 4. The van der Waals surface area contributed by atoms with E-state index in [1.807, 2.05) is 0 Å². The number of aliphatic hydroxyl groups excluding tert-OH is 1. The van der Waals surface area contributed by atoms with E-state index < -0.39 is 17.7 Å². The number of anilines is 1. The highest BCUT2D eigenvalue weighted by molar-refractivity contribution is 6.51. The molecule has 0 spiro atoms. The quantitative estimate of drug-likeness (QED) is 0.411. The zero-order valence-electron chi connectivity index (χ0n) is 14.0. The molecule has 1 aliphatic rings. The number of hydrogen-bond donors (Lipinski definition) is 1. The summed E-state index contributed by atoms with van der Waals surface area (Å²) in [6.45, 7) is 0. The molecule has 1 aromatic heterocycles. The molecular formula is C21H14ClNO4. The van der Waals surface area contributed by atoms with Gasteiger partial charge in [0.25, 0.3) is 11.7 Å². The normalized spacial score (nSPS) is 18.9. The number of ketones is 1. The molecule has 5 nitrogen and oxygen atoms in total. The van der Waals surface area contributed by atoms with Gasteiger partial charge in [-0.15, -0.1) is 0 Å². The molecule has 1 amide bonds. The van der Waals surface area contributed by atoms with Crippen LogP contribution in [0.4, 0.5) is 5.69 Å². The van der Waals surface area contributed by atoms with Crippen LogP contribution in [0.5, 0.6) is 0 Å². The summed E-state index contributed by atoms with van der Waals surface area (Å²) >= 11 is 6.07. The number of nitrogens with zero attached hydrogens (tertiary/aromatic N) is 1. The number of halogens is 1. The van der Waals surface area contributed by atoms with Crippen LogP contribution in [0, 0.1) is 0 Å². The zero-order valence-corrected chi connectivity index (χ0v) is 14.8. The fourth-order valence-electron chi connectivity index (χ4n) is 3.19. The first-order chi connectivity index (χ1) is 13.1. The van der Waals surface area contributed by atoms with E-state index in [1.165, 1.54) is 11.2 Å². The Morgan fingerprint density at radius 2 is 1.78 bits per heavy atom. The molecule has 0 radical (unpaired) electrons. The van der Waals surface area contributed by atoms with Crippen LogP contribution >= 0.6 is 11.6 Å². The highest BCUT2D eigenvalue weighted by atomic mass is 35.5. The highest BCUT2D eigenvalue weighted by Crippen LogP contribution is 2.42. The van der Waals surface area contributed by atoms with E-state index in [1.54, 1.807) is 66.7 Å². The number of amides is 1. The summed E-state index contributed by atoms with van der Waals surface area (Å²) < 4.78 is 5.49. The van der Waals surface area contributed by atoms with Gasteiger partial charge >= 0.3 is 0 Å². The maximum Gasteiger partial charge on any atom is 0.300 e. The third-order valence-electron chi connectivity index (χ3n) is 4.39. The van der Waals surface area contributed by atoms with Gasteiger partial charge in [-0.25, -0.2) is 0 Å². The van der Waals surface area contributed by atoms with Gasteiger partial charge in [0.15, 0.2) is 0 Å². The molecule has 6 heteroatoms. The summed E-state index contributed by atoms with van der Waals surface area (Å²) in [4.78, 5) is 26.9. The van der Waals surface area contributed by atoms with Crippen molar-refractivity contribution in [1.29, 1.82) is 0 Å². The Balaban J connectivity index is 1.94. The van der Waals surface area contributed by atoms with Gasteiger partial charge in [0, 0.05) is 16.3 Å². The standard InChI is InChI=1S/C21H14ClNO4/c22-14-8-4-9-15(12-14)23-18(16-10-5-11-27-16)17(20(25)21(23)26)19(24)13-6-2-1-3-7-13/h1-12,18,24H/b19-17-. The molecule has 1 saturated heterocycles. The van der Waals surface area contributed by atoms with Crippen LogP contribution in [0.3, 0.4) is 0 Å². The molecule has 0 aliphatic carbocycles. The van der Waals surface area contributed by atoms with Crippen LogP contribution in [0.15, 0.2) is 83.0 Å². The molecule has 1 unspecified atom stereocenters. The number of furan rings is 1. The predicted octanol–water partition coefficient (Wildman–Crippen LogP) is 4.56. The molecule has 1 atom stereocenters. The van der Waals surface area contributed by atoms with Gasteiger partial charge in [0.2, 0.25) is 0 Å². The van der Waals surface area contributed by atoms with Gasteiger partial charge in [-0.1, -0.05) is 48.0 Å². The molecule has 1 N–H and O–H groups in total. The van der Waals surface area contributed by atoms with Crippen molar-refractivity contribution < 1.29 is 19.1 Å². The summed E-state index contributed by atoms with van der Waals surface area (Å²) in [7, 11) is 0. The number of carbonyl (C=O) groups is 2. The van der Waals surface area contributed by atoms with Crippen LogP contribution < -0.4 is 4.90 Å². The zero-order chi connectivity index (χ0) is 19.0. The molecule has 0 saturated carbocycles. The van der Waals surface area contributed by atoms with E-state index >= 15 is 0 Å². The predicted molar refractivity (Wildman–Crippen MR) is 101 cm³/mol. The maximum absolute atomic E-state index is 12.8. The molecule has 27 heavy (non-hydrogen) atoms. The van der Waals surface area contributed by atoms with Crippen molar-refractivity contribution in [3.63, 3.8) is 0 Å². The minimum Gasteiger partial charge on any atom is -0.507 e. The Morgan fingerprint density at radius 3 is 2.44 bits per heavy atom. The third-order valence-corrected chi connectivity index (χ3v) is 4.63. The lowest BCUT2D eigenvalue weighted by Gasteiger charge is -2.23. The first-order valence-corrected chi connectivity index (χ1v) is 8.61. The van der Waals surface area contributed by atoms with Gasteiger partial charge in [0.1, 0.15) is 17.6 Å². The fourth-order valence-corrected chi connectivity index (χ4v) is 3.38. The van der Waals surface area contributed by atoms with Crippen molar-refractivity contribution in [1.82, 2.24) is 0 Å². The minimum atomic E-state index is -0.890. The van der Waals surface area contributed by atoms with Gasteiger partial charge in [0.05, 0.1) is 11.8 Å². The molecule has 2 heterocycles. The van der Waals surface area contributed by atoms with E-state index in [0.29, 0.717) is 22.0 Å². The van der Waals surface area contributed by atoms with Crippen LogP contribution in [-0.2, 0) is 9.59 Å². The van der Waals surface area contributed by atoms with E-state index in [4.69, 9.17) is 16.0 Å². The number of aliphatic hydroxyl groups is 1. The van der Waals surface area contributed by atoms with Crippen LogP contribution in [0.1, 0.15) is 17.4 Å². The Kier molecular flexibility index (Phi) is 4.30. The fraction of sp³-hybridized carbons (Fsp3) is 0.0476. The number of carbonyl (C=O) groups excluding carboxylic acids is 2. The summed E-state index contributed by atoms with van der Waals surface area (Å²) in [6, 6.07) is 17.7. The van der Waals surface area contributed by atoms with Gasteiger partial charge in [-0.05, 0) is 30.3 Å². The van der Waals surface area contributed by atoms with Crippen molar-refractivity contribution in [2.45, 2.75) is 6.04 Å². The Bertz CT molecular complexity index is 1040. The molecule has 3 aromatic rings. The number of Topliss-reactive ketones (excluding diaryl/α,β-unsaturated/α-hetero) is 1. The number of benzene rings is 2. The second-order valence-corrected chi connectivity index (χ2v) is 6.47. The molecular weight excluding hydrogens is 366 g/mol. The molecule has 1 aliphatic heterocycles. The van der Waals surface area contributed by atoms with E-state index in [9.17, 15) is 14.7 Å². The topological polar surface area (TPSA) is 70.8 Å². The monoisotopic (exact) mass is 379 g/mol. The van der Waals surface area contributed by atoms with Crippen molar-refractivity contribution in [3.8, 4) is 0 Å². The van der Waals surface area contributed by atoms with Gasteiger partial charge in [-0.2, -0.15) is 0 Å². The average molecular weight is 380 g/mol. The van der Waals surface area contributed by atoms with Crippen molar-refractivity contribution in [2.75, 3.05) is 4.90 Å². The van der Waals surface area contributed by atoms with Crippen LogP contribution in [0.25, 0.3) is 5.76 Å². The molecule has 0 bridgehead atoms. The lowest BCUT2D eigenvalue weighted by atomic mass is 9.99. The average Bonchev–Trinajstić information content (AvgIpc) is 3.29. The Labute approximate surface area is 160 Å². The minimum absolute atomic E-state index is 0.0267. The molecule has 4 rings (SSSR count). The first kappa shape index (κ1) is 17.1. The van der Waals surface area contributed by atoms with Gasteiger partial charge < -0.3 is 9.52 Å². The summed E-state index contributed by atoms with van der Waals surface area (Å²) in [5.41, 5.74) is 0.859. The van der Waals surface area contributed by atoms with E-state index in [-0.39, 0.29) is 11.3 Å². The summed E-state index contributed by atoms with van der Waals surface area (Å²) in [5.74, 6) is -1.42. The lowest BCUT2D eigenvalue weighted by Crippen LogP contribution is -2.29. The van der Waals surface area contributed by atoms with Crippen LogP contribution in [0.2, 0.25) is 5.02 Å². The molecule has 2 aromatic carbocycles. The van der Waals surface area contributed by atoms with Gasteiger partial charge in [-0.3, -0.25) is 14.5 Å². The first-order valence-electron chi connectivity index (χ1n) is 8.23. The smallest absolute Gasteiger partial charge is 0.300 e. The van der Waals surface area contributed by atoms with E-state index in [2.05, 4.69) is 0 Å². The van der Waals surface area contributed by atoms with Crippen molar-refractivity contribution in [3.05, 3.63) is 94.9 Å². The van der Waals surface area contributed by atoms with Crippen LogP contribution in [-0.4, -0.2) is 16.8 Å². The Hall–Kier alpha value is -3.31. The number of rotatable bonds is 3. The second-order valence-electron chi connectivity index (χ2n) is 6.03. The second kappa shape index (κ2) is 6.78. The summed E-state index contributed by atoms with van der Waals surface area (Å²) in [6.07, 6.45) is 1.45. The van der Waals surface area contributed by atoms with E-state index in [0.717, 1.165) is 0 Å². The van der Waals surface area contributed by atoms with Crippen molar-refractivity contribution in [2.24, 2.45) is 0 Å². The molecule has 134 valence electrons. The summed E-state index contributed by atoms with van der Waals surface area (Å²) in [5, 5.41) is 11.2. The SMILES string of the molecule is O=C1C(=O)N(c2cccc(Cl)c2)C(c2ccco2)/C1=C(/O)c1ccccc1. The highest BCUT2D eigenvalue weighted by Gasteiger charge is 2.48.